The fourth-order valence-corrected chi connectivity index (χ4v) is 2.70. The normalized spacial score (nSPS) is 12.4. The van der Waals surface area contributed by atoms with Gasteiger partial charge in [-0.15, -0.1) is 0 Å². The topological polar surface area (TPSA) is 21.3 Å². The SMILES string of the molecule is CCCCC(CCC)NCc1cc(Br)ccc1OC. The van der Waals surface area contributed by atoms with Gasteiger partial charge >= 0.3 is 0 Å². The van der Waals surface area contributed by atoms with Crippen LogP contribution in [0, 0.1) is 0 Å². The Morgan fingerprint density at radius 2 is 2.00 bits per heavy atom. The Morgan fingerprint density at radius 1 is 1.21 bits per heavy atom. The molecule has 108 valence electrons. The van der Waals surface area contributed by atoms with Gasteiger partial charge in [-0.3, -0.25) is 0 Å². The van der Waals surface area contributed by atoms with E-state index in [-0.39, 0.29) is 0 Å². The summed E-state index contributed by atoms with van der Waals surface area (Å²) in [5, 5.41) is 3.67. The third-order valence-corrected chi connectivity index (χ3v) is 3.86. The van der Waals surface area contributed by atoms with E-state index in [1.54, 1.807) is 7.11 Å². The lowest BCUT2D eigenvalue weighted by molar-refractivity contribution is 0.397. The molecule has 0 bridgehead atoms. The highest BCUT2D eigenvalue weighted by molar-refractivity contribution is 9.10. The molecule has 3 heteroatoms. The molecular formula is C16H26BrNO. The van der Waals surface area contributed by atoms with Crippen molar-refractivity contribution in [2.75, 3.05) is 7.11 Å². The van der Waals surface area contributed by atoms with Gasteiger partial charge < -0.3 is 10.1 Å². The van der Waals surface area contributed by atoms with Gasteiger partial charge in [0.2, 0.25) is 0 Å². The number of benzene rings is 1. The summed E-state index contributed by atoms with van der Waals surface area (Å²) in [6.07, 6.45) is 6.31. The molecule has 19 heavy (non-hydrogen) atoms. The van der Waals surface area contributed by atoms with Crippen LogP contribution in [0.1, 0.15) is 51.5 Å². The van der Waals surface area contributed by atoms with Crippen LogP contribution in [0.15, 0.2) is 22.7 Å². The zero-order valence-corrected chi connectivity index (χ0v) is 13.9. The third kappa shape index (κ3) is 5.96. The molecule has 0 aliphatic heterocycles. The van der Waals surface area contributed by atoms with Crippen LogP contribution in [0.3, 0.4) is 0 Å². The molecule has 0 aromatic heterocycles. The summed E-state index contributed by atoms with van der Waals surface area (Å²) in [5.74, 6) is 0.960. The molecule has 2 nitrogen and oxygen atoms in total. The quantitative estimate of drug-likeness (QED) is 0.696. The fraction of sp³-hybridized carbons (Fsp3) is 0.625. The lowest BCUT2D eigenvalue weighted by Crippen LogP contribution is -2.28. The summed E-state index contributed by atoms with van der Waals surface area (Å²) in [6, 6.07) is 6.79. The van der Waals surface area contributed by atoms with Crippen LogP contribution in [0.25, 0.3) is 0 Å². The molecular weight excluding hydrogens is 302 g/mol. The molecule has 1 atom stereocenters. The van der Waals surface area contributed by atoms with E-state index in [0.29, 0.717) is 6.04 Å². The van der Waals surface area contributed by atoms with Crippen LogP contribution in [-0.4, -0.2) is 13.2 Å². The minimum atomic E-state index is 0.619. The van der Waals surface area contributed by atoms with Gasteiger partial charge in [-0.1, -0.05) is 49.0 Å². The molecule has 0 aliphatic carbocycles. The minimum Gasteiger partial charge on any atom is -0.496 e. The van der Waals surface area contributed by atoms with Gasteiger partial charge in [0.1, 0.15) is 5.75 Å². The molecule has 0 heterocycles. The Kier molecular flexibility index (Phi) is 8.15. The molecule has 1 N–H and O–H groups in total. The lowest BCUT2D eigenvalue weighted by Gasteiger charge is -2.19. The second-order valence-corrected chi connectivity index (χ2v) is 5.88. The zero-order chi connectivity index (χ0) is 14.1. The highest BCUT2D eigenvalue weighted by Gasteiger charge is 2.09. The molecule has 0 spiro atoms. The van der Waals surface area contributed by atoms with Gasteiger partial charge in [0.15, 0.2) is 0 Å². The van der Waals surface area contributed by atoms with Crippen molar-refractivity contribution in [3.8, 4) is 5.75 Å². The van der Waals surface area contributed by atoms with Crippen LogP contribution in [0.4, 0.5) is 0 Å². The molecule has 0 fully saturated rings. The van der Waals surface area contributed by atoms with Crippen molar-refractivity contribution in [2.24, 2.45) is 0 Å². The number of ether oxygens (including phenoxy) is 1. The predicted octanol–water partition coefficient (Wildman–Crippen LogP) is 4.91. The van der Waals surface area contributed by atoms with E-state index in [9.17, 15) is 0 Å². The van der Waals surface area contributed by atoms with Crippen LogP contribution in [-0.2, 0) is 6.54 Å². The summed E-state index contributed by atoms with van der Waals surface area (Å²) in [5.41, 5.74) is 1.22. The van der Waals surface area contributed by atoms with Gasteiger partial charge in [0.05, 0.1) is 7.11 Å². The lowest BCUT2D eigenvalue weighted by atomic mass is 10.0. The molecule has 0 saturated heterocycles. The van der Waals surface area contributed by atoms with Gasteiger partial charge in [-0.2, -0.15) is 0 Å². The number of halogens is 1. The number of nitrogens with one attached hydrogen (secondary N) is 1. The van der Waals surface area contributed by atoms with Crippen LogP contribution in [0.2, 0.25) is 0 Å². The fourth-order valence-electron chi connectivity index (χ4n) is 2.29. The molecule has 0 aliphatic rings. The van der Waals surface area contributed by atoms with Gasteiger partial charge in [0.25, 0.3) is 0 Å². The van der Waals surface area contributed by atoms with Crippen molar-refractivity contribution in [3.63, 3.8) is 0 Å². The van der Waals surface area contributed by atoms with Gasteiger partial charge in [-0.25, -0.2) is 0 Å². The maximum absolute atomic E-state index is 5.41. The van der Waals surface area contributed by atoms with Crippen molar-refractivity contribution in [3.05, 3.63) is 28.2 Å². The van der Waals surface area contributed by atoms with Crippen LogP contribution in [0.5, 0.6) is 5.75 Å². The summed E-state index contributed by atoms with van der Waals surface area (Å²) < 4.78 is 6.52. The smallest absolute Gasteiger partial charge is 0.123 e. The largest absolute Gasteiger partial charge is 0.496 e. The summed E-state index contributed by atoms with van der Waals surface area (Å²) in [7, 11) is 1.73. The van der Waals surface area contributed by atoms with Crippen molar-refractivity contribution in [1.29, 1.82) is 0 Å². The minimum absolute atomic E-state index is 0.619. The Bertz CT molecular complexity index is 368. The Morgan fingerprint density at radius 3 is 2.63 bits per heavy atom. The van der Waals surface area contributed by atoms with Gasteiger partial charge in [-0.05, 0) is 31.0 Å². The number of methoxy groups -OCH3 is 1. The predicted molar refractivity (Wildman–Crippen MR) is 85.8 cm³/mol. The average Bonchev–Trinajstić information content (AvgIpc) is 2.42. The highest BCUT2D eigenvalue weighted by atomic mass is 79.9. The van der Waals surface area contributed by atoms with Gasteiger partial charge in [0, 0.05) is 22.6 Å². The van der Waals surface area contributed by atoms with Crippen molar-refractivity contribution in [1.82, 2.24) is 5.32 Å². The third-order valence-electron chi connectivity index (χ3n) is 3.37. The van der Waals surface area contributed by atoms with Crippen molar-refractivity contribution >= 4 is 15.9 Å². The average molecular weight is 328 g/mol. The number of unbranched alkanes of at least 4 members (excludes halogenated alkanes) is 1. The zero-order valence-electron chi connectivity index (χ0n) is 12.3. The molecule has 1 rings (SSSR count). The molecule has 1 unspecified atom stereocenters. The van der Waals surface area contributed by atoms with E-state index < -0.39 is 0 Å². The molecule has 0 radical (unpaired) electrons. The maximum atomic E-state index is 5.41. The van der Waals surface area contributed by atoms with E-state index in [0.717, 1.165) is 16.8 Å². The first kappa shape index (κ1) is 16.5. The number of hydrogen-bond donors (Lipinski definition) is 1. The summed E-state index contributed by atoms with van der Waals surface area (Å²) >= 11 is 3.52. The Balaban J connectivity index is 2.59. The number of rotatable bonds is 9. The van der Waals surface area contributed by atoms with Crippen LogP contribution < -0.4 is 10.1 Å². The Hall–Kier alpha value is -0.540. The second kappa shape index (κ2) is 9.38. The molecule has 1 aromatic rings. The summed E-state index contributed by atoms with van der Waals surface area (Å²) in [4.78, 5) is 0. The monoisotopic (exact) mass is 327 g/mol. The first-order valence-electron chi connectivity index (χ1n) is 7.27. The van der Waals surface area contributed by atoms with E-state index in [1.807, 2.05) is 12.1 Å². The highest BCUT2D eigenvalue weighted by Crippen LogP contribution is 2.23. The summed E-state index contributed by atoms with van der Waals surface area (Å²) in [6.45, 7) is 5.37. The second-order valence-electron chi connectivity index (χ2n) is 4.96. The maximum Gasteiger partial charge on any atom is 0.123 e. The van der Waals surface area contributed by atoms with Crippen molar-refractivity contribution < 1.29 is 4.74 Å². The van der Waals surface area contributed by atoms with Crippen molar-refractivity contribution in [2.45, 2.75) is 58.5 Å². The van der Waals surface area contributed by atoms with E-state index in [1.165, 1.54) is 37.7 Å². The molecule has 1 aromatic carbocycles. The molecule has 0 amide bonds. The Labute approximate surface area is 126 Å². The number of hydrogen-bond acceptors (Lipinski definition) is 2. The first-order chi connectivity index (χ1) is 9.21. The van der Waals surface area contributed by atoms with E-state index in [4.69, 9.17) is 4.74 Å². The van der Waals surface area contributed by atoms with Crippen LogP contribution >= 0.6 is 15.9 Å². The van der Waals surface area contributed by atoms with E-state index in [2.05, 4.69) is 41.2 Å². The first-order valence-corrected chi connectivity index (χ1v) is 8.06. The standard InChI is InChI=1S/C16H26BrNO/c1-4-6-8-15(7-5-2)18-12-13-11-14(17)9-10-16(13)19-3/h9-11,15,18H,4-8,12H2,1-3H3. The molecule has 0 saturated carbocycles. The van der Waals surface area contributed by atoms with E-state index >= 15 is 0 Å².